The number of hydrogen-bond donors (Lipinski definition) is 0. The quantitative estimate of drug-likeness (QED) is 0.654. The summed E-state index contributed by atoms with van der Waals surface area (Å²) in [5.41, 5.74) is 11.9. The first-order valence-electron chi connectivity index (χ1n) is 7.87. The number of hydrogen-bond acceptors (Lipinski definition) is 1. The van der Waals surface area contributed by atoms with Crippen LogP contribution in [0.3, 0.4) is 0 Å². The Balaban J connectivity index is 2.14. The highest BCUT2D eigenvalue weighted by atomic mass is 15.0. The van der Waals surface area contributed by atoms with Crippen LogP contribution in [-0.4, -0.2) is 9.55 Å². The summed E-state index contributed by atoms with van der Waals surface area (Å²) in [4.78, 5) is 4.58. The van der Waals surface area contributed by atoms with Crippen LogP contribution in [-0.2, 0) is 6.54 Å². The predicted octanol–water partition coefficient (Wildman–Crippen LogP) is 4.94. The number of imidazole rings is 1. The van der Waals surface area contributed by atoms with Crippen molar-refractivity contribution < 1.29 is 0 Å². The van der Waals surface area contributed by atoms with Gasteiger partial charge in [0.05, 0.1) is 17.4 Å². The lowest BCUT2D eigenvalue weighted by molar-refractivity contribution is 0.808. The van der Waals surface area contributed by atoms with Gasteiger partial charge in [-0.15, -0.1) is 0 Å². The summed E-state index contributed by atoms with van der Waals surface area (Å²) in [6.07, 6.45) is 1.97. The number of aromatic nitrogens is 2. The highest BCUT2D eigenvalue weighted by molar-refractivity contribution is 5.77. The summed E-state index contributed by atoms with van der Waals surface area (Å²) in [5, 5.41) is 0. The molecule has 0 amide bonds. The number of nitrogens with zero attached hydrogens (tertiary/aromatic N) is 2. The van der Waals surface area contributed by atoms with Crippen molar-refractivity contribution in [2.45, 2.75) is 48.1 Å². The summed E-state index contributed by atoms with van der Waals surface area (Å²) in [6.45, 7) is 14.1. The zero-order valence-corrected chi connectivity index (χ0v) is 14.4. The van der Waals surface area contributed by atoms with Gasteiger partial charge in [0.15, 0.2) is 0 Å². The number of rotatable bonds is 2. The van der Waals surface area contributed by atoms with Crippen LogP contribution in [0.25, 0.3) is 11.0 Å². The van der Waals surface area contributed by atoms with E-state index < -0.39 is 0 Å². The van der Waals surface area contributed by atoms with E-state index in [0.29, 0.717) is 0 Å². The SMILES string of the molecule is Cc1cc2ncn(Cc3c(C)c(C)cc(C)c3C)c2cc1C. The minimum atomic E-state index is 0.888. The molecular weight excluding hydrogens is 268 g/mol. The van der Waals surface area contributed by atoms with Crippen LogP contribution in [0.5, 0.6) is 0 Å². The highest BCUT2D eigenvalue weighted by Gasteiger charge is 2.11. The molecule has 0 aliphatic rings. The van der Waals surface area contributed by atoms with Gasteiger partial charge in [-0.3, -0.25) is 0 Å². The number of aryl methyl sites for hydroxylation is 4. The van der Waals surface area contributed by atoms with Gasteiger partial charge in [-0.2, -0.15) is 0 Å². The van der Waals surface area contributed by atoms with Crippen LogP contribution in [0.2, 0.25) is 0 Å². The van der Waals surface area contributed by atoms with Gasteiger partial charge in [0.1, 0.15) is 0 Å². The summed E-state index contributed by atoms with van der Waals surface area (Å²) < 4.78 is 2.27. The molecule has 1 aromatic heterocycles. The first-order valence-corrected chi connectivity index (χ1v) is 7.87. The Bertz CT molecular complexity index is 843. The van der Waals surface area contributed by atoms with Gasteiger partial charge in [-0.25, -0.2) is 4.98 Å². The van der Waals surface area contributed by atoms with Crippen molar-refractivity contribution in [3.8, 4) is 0 Å². The van der Waals surface area contributed by atoms with E-state index in [1.807, 2.05) is 6.33 Å². The molecule has 0 spiro atoms. The van der Waals surface area contributed by atoms with Crippen molar-refractivity contribution in [3.05, 3.63) is 63.5 Å². The van der Waals surface area contributed by atoms with Gasteiger partial charge < -0.3 is 4.57 Å². The minimum absolute atomic E-state index is 0.888. The maximum Gasteiger partial charge on any atom is 0.0961 e. The fraction of sp³-hybridized carbons (Fsp3) is 0.350. The molecule has 3 rings (SSSR count). The summed E-state index contributed by atoms with van der Waals surface area (Å²) in [6, 6.07) is 6.72. The molecule has 0 fully saturated rings. The second-order valence-electron chi connectivity index (χ2n) is 6.54. The Morgan fingerprint density at radius 2 is 1.36 bits per heavy atom. The van der Waals surface area contributed by atoms with E-state index in [2.05, 4.69) is 69.3 Å². The maximum atomic E-state index is 4.58. The Labute approximate surface area is 132 Å². The molecule has 0 N–H and O–H groups in total. The Kier molecular flexibility index (Phi) is 3.56. The Morgan fingerprint density at radius 1 is 0.773 bits per heavy atom. The van der Waals surface area contributed by atoms with Crippen LogP contribution in [0.15, 0.2) is 24.5 Å². The third kappa shape index (κ3) is 2.33. The predicted molar refractivity (Wildman–Crippen MR) is 93.7 cm³/mol. The Hall–Kier alpha value is -2.09. The van der Waals surface area contributed by atoms with Gasteiger partial charge in [-0.05, 0) is 92.6 Å². The molecule has 22 heavy (non-hydrogen) atoms. The van der Waals surface area contributed by atoms with Gasteiger partial charge in [-0.1, -0.05) is 6.07 Å². The van der Waals surface area contributed by atoms with Gasteiger partial charge in [0.25, 0.3) is 0 Å². The second kappa shape index (κ2) is 5.28. The lowest BCUT2D eigenvalue weighted by Crippen LogP contribution is -2.05. The standard InChI is InChI=1S/C20H24N2/c1-12-8-19-20(9-13(12)2)22(11-21-19)10-18-16(5)14(3)7-15(4)17(18)6/h7-9,11H,10H2,1-6H3. The average molecular weight is 292 g/mol. The van der Waals surface area contributed by atoms with Crippen LogP contribution >= 0.6 is 0 Å². The van der Waals surface area contributed by atoms with E-state index in [4.69, 9.17) is 0 Å². The summed E-state index contributed by atoms with van der Waals surface area (Å²) in [7, 11) is 0. The molecular formula is C20H24N2. The van der Waals surface area contributed by atoms with Crippen LogP contribution in [0, 0.1) is 41.5 Å². The number of fused-ring (bicyclic) bond motifs is 1. The zero-order valence-electron chi connectivity index (χ0n) is 14.4. The van der Waals surface area contributed by atoms with E-state index in [0.717, 1.165) is 12.1 Å². The van der Waals surface area contributed by atoms with Crippen molar-refractivity contribution in [1.29, 1.82) is 0 Å². The Morgan fingerprint density at radius 3 is 2.00 bits per heavy atom. The van der Waals surface area contributed by atoms with E-state index in [1.54, 1.807) is 0 Å². The molecule has 0 atom stereocenters. The molecule has 0 bridgehead atoms. The maximum absolute atomic E-state index is 4.58. The molecule has 2 nitrogen and oxygen atoms in total. The van der Waals surface area contributed by atoms with Crippen molar-refractivity contribution in [2.75, 3.05) is 0 Å². The zero-order chi connectivity index (χ0) is 16.0. The van der Waals surface area contributed by atoms with Gasteiger partial charge >= 0.3 is 0 Å². The minimum Gasteiger partial charge on any atom is -0.326 e. The molecule has 0 aliphatic heterocycles. The van der Waals surface area contributed by atoms with Crippen LogP contribution in [0.4, 0.5) is 0 Å². The first-order chi connectivity index (χ1) is 10.4. The van der Waals surface area contributed by atoms with Crippen molar-refractivity contribution in [3.63, 3.8) is 0 Å². The van der Waals surface area contributed by atoms with Crippen molar-refractivity contribution in [1.82, 2.24) is 9.55 Å². The largest absolute Gasteiger partial charge is 0.326 e. The molecule has 0 unspecified atom stereocenters. The van der Waals surface area contributed by atoms with E-state index >= 15 is 0 Å². The van der Waals surface area contributed by atoms with E-state index in [1.165, 1.54) is 44.5 Å². The molecule has 2 aromatic carbocycles. The van der Waals surface area contributed by atoms with Crippen LogP contribution < -0.4 is 0 Å². The molecule has 0 radical (unpaired) electrons. The molecule has 0 saturated heterocycles. The first kappa shape index (κ1) is 14.8. The summed E-state index contributed by atoms with van der Waals surface area (Å²) >= 11 is 0. The lowest BCUT2D eigenvalue weighted by atomic mass is 9.94. The van der Waals surface area contributed by atoms with E-state index in [9.17, 15) is 0 Å². The fourth-order valence-corrected chi connectivity index (χ4v) is 3.15. The molecule has 0 aliphatic carbocycles. The van der Waals surface area contributed by atoms with E-state index in [-0.39, 0.29) is 0 Å². The molecule has 114 valence electrons. The monoisotopic (exact) mass is 292 g/mol. The second-order valence-corrected chi connectivity index (χ2v) is 6.54. The van der Waals surface area contributed by atoms with Crippen molar-refractivity contribution >= 4 is 11.0 Å². The third-order valence-electron chi connectivity index (χ3n) is 5.09. The topological polar surface area (TPSA) is 17.8 Å². The van der Waals surface area contributed by atoms with Crippen molar-refractivity contribution in [2.24, 2.45) is 0 Å². The third-order valence-corrected chi connectivity index (χ3v) is 5.09. The van der Waals surface area contributed by atoms with Gasteiger partial charge in [0.2, 0.25) is 0 Å². The van der Waals surface area contributed by atoms with Gasteiger partial charge in [0, 0.05) is 6.54 Å². The smallest absolute Gasteiger partial charge is 0.0961 e. The molecule has 0 saturated carbocycles. The lowest BCUT2D eigenvalue weighted by Gasteiger charge is -2.16. The summed E-state index contributed by atoms with van der Waals surface area (Å²) in [5.74, 6) is 0. The fourth-order valence-electron chi connectivity index (χ4n) is 3.15. The van der Waals surface area contributed by atoms with Crippen LogP contribution in [0.1, 0.15) is 38.9 Å². The average Bonchev–Trinajstić information content (AvgIpc) is 2.84. The normalized spacial score (nSPS) is 11.4. The molecule has 2 heteroatoms. The number of benzene rings is 2. The highest BCUT2D eigenvalue weighted by Crippen LogP contribution is 2.25. The molecule has 3 aromatic rings. The molecule has 1 heterocycles.